The van der Waals surface area contributed by atoms with Crippen LogP contribution in [-0.2, 0) is 14.8 Å². The maximum Gasteiger partial charge on any atom is 0.264 e. The number of rotatable bonds is 10. The van der Waals surface area contributed by atoms with Crippen LogP contribution in [-0.4, -0.2) is 33.7 Å². The summed E-state index contributed by atoms with van der Waals surface area (Å²) in [6.07, 6.45) is 2.42. The molecule has 8 heteroatoms. The van der Waals surface area contributed by atoms with E-state index in [0.717, 1.165) is 38.7 Å². The smallest absolute Gasteiger partial charge is 0.264 e. The number of nitrogens with one attached hydrogen (secondary N) is 1. The van der Waals surface area contributed by atoms with Gasteiger partial charge in [-0.2, -0.15) is 5.10 Å². The third-order valence-electron chi connectivity index (χ3n) is 5.43. The first-order chi connectivity index (χ1) is 16.7. The SMILES string of the molecule is CCCOc1ccc(/C=N\NC(=O)CN(c2ccc(C)c(C)c2)S(=O)(=O)c2ccc(C)cc2)cc1. The molecule has 0 aliphatic heterocycles. The minimum absolute atomic E-state index is 0.114. The van der Waals surface area contributed by atoms with Crippen molar-refractivity contribution in [3.63, 3.8) is 0 Å². The minimum Gasteiger partial charge on any atom is -0.494 e. The van der Waals surface area contributed by atoms with Crippen molar-refractivity contribution in [1.82, 2.24) is 5.43 Å². The predicted molar refractivity (Wildman–Crippen MR) is 140 cm³/mol. The van der Waals surface area contributed by atoms with Crippen LogP contribution in [0.4, 0.5) is 5.69 Å². The van der Waals surface area contributed by atoms with Crippen molar-refractivity contribution in [2.24, 2.45) is 5.10 Å². The monoisotopic (exact) mass is 493 g/mol. The highest BCUT2D eigenvalue weighted by atomic mass is 32.2. The first kappa shape index (κ1) is 26.0. The van der Waals surface area contributed by atoms with E-state index in [0.29, 0.717) is 12.3 Å². The topological polar surface area (TPSA) is 88.1 Å². The quantitative estimate of drug-likeness (QED) is 0.326. The Kier molecular flexibility index (Phi) is 8.65. The Bertz CT molecular complexity index is 1290. The average Bonchev–Trinajstić information content (AvgIpc) is 2.84. The van der Waals surface area contributed by atoms with Crippen LogP contribution in [0.2, 0.25) is 0 Å². The van der Waals surface area contributed by atoms with E-state index >= 15 is 0 Å². The van der Waals surface area contributed by atoms with E-state index < -0.39 is 22.5 Å². The molecule has 1 amide bonds. The molecule has 0 saturated carbocycles. The van der Waals surface area contributed by atoms with Crippen molar-refractivity contribution < 1.29 is 17.9 Å². The summed E-state index contributed by atoms with van der Waals surface area (Å²) < 4.78 is 33.6. The van der Waals surface area contributed by atoms with Gasteiger partial charge in [0.1, 0.15) is 12.3 Å². The van der Waals surface area contributed by atoms with Crippen LogP contribution in [0, 0.1) is 20.8 Å². The van der Waals surface area contributed by atoms with Crippen LogP contribution in [0.3, 0.4) is 0 Å². The van der Waals surface area contributed by atoms with Gasteiger partial charge in [0.05, 0.1) is 23.4 Å². The molecule has 184 valence electrons. The third kappa shape index (κ3) is 6.93. The van der Waals surface area contributed by atoms with Crippen molar-refractivity contribution in [2.75, 3.05) is 17.5 Å². The molecule has 3 rings (SSSR count). The van der Waals surface area contributed by atoms with Crippen LogP contribution in [0.1, 0.15) is 35.6 Å². The molecule has 35 heavy (non-hydrogen) atoms. The summed E-state index contributed by atoms with van der Waals surface area (Å²) in [4.78, 5) is 12.8. The van der Waals surface area contributed by atoms with Crippen molar-refractivity contribution in [3.05, 3.63) is 89.0 Å². The first-order valence-electron chi connectivity index (χ1n) is 11.4. The standard InChI is InChI=1S/C27H31N3O4S/c1-5-16-34-25-12-9-23(10-13-25)18-28-29-27(31)19-30(24-11-8-21(3)22(4)17-24)35(32,33)26-14-6-20(2)7-15-26/h6-15,17-18H,5,16,19H2,1-4H3,(H,29,31)/b28-18-. The van der Waals surface area contributed by atoms with Gasteiger partial charge in [0.25, 0.3) is 15.9 Å². The van der Waals surface area contributed by atoms with Gasteiger partial charge in [-0.1, -0.05) is 30.7 Å². The summed E-state index contributed by atoms with van der Waals surface area (Å²) in [6, 6.07) is 19.2. The molecule has 0 aromatic heterocycles. The lowest BCUT2D eigenvalue weighted by Gasteiger charge is -2.24. The van der Waals surface area contributed by atoms with Crippen LogP contribution in [0.25, 0.3) is 0 Å². The van der Waals surface area contributed by atoms with E-state index in [1.807, 2.05) is 58.0 Å². The lowest BCUT2D eigenvalue weighted by Crippen LogP contribution is -2.39. The number of ether oxygens (including phenoxy) is 1. The molecule has 0 spiro atoms. The van der Waals surface area contributed by atoms with Gasteiger partial charge < -0.3 is 4.74 Å². The molecule has 3 aromatic carbocycles. The largest absolute Gasteiger partial charge is 0.494 e. The van der Waals surface area contributed by atoms with Gasteiger partial charge in [-0.25, -0.2) is 13.8 Å². The molecule has 3 aromatic rings. The van der Waals surface area contributed by atoms with Gasteiger partial charge in [-0.05, 0) is 92.4 Å². The summed E-state index contributed by atoms with van der Waals surface area (Å²) in [5.41, 5.74) is 6.52. The highest BCUT2D eigenvalue weighted by Crippen LogP contribution is 2.26. The second kappa shape index (κ2) is 11.7. The Balaban J connectivity index is 1.78. The Hall–Kier alpha value is -3.65. The van der Waals surface area contributed by atoms with E-state index in [-0.39, 0.29) is 4.90 Å². The number of aryl methyl sites for hydroxylation is 3. The summed E-state index contributed by atoms with van der Waals surface area (Å²) >= 11 is 0. The Morgan fingerprint density at radius 2 is 1.66 bits per heavy atom. The average molecular weight is 494 g/mol. The molecule has 0 unspecified atom stereocenters. The van der Waals surface area contributed by atoms with Gasteiger partial charge >= 0.3 is 0 Å². The number of hydrazone groups is 1. The predicted octanol–water partition coefficient (Wildman–Crippen LogP) is 4.75. The second-order valence-electron chi connectivity index (χ2n) is 8.30. The maximum atomic E-state index is 13.5. The number of sulfonamides is 1. The number of carbonyl (C=O) groups excluding carboxylic acids is 1. The fraction of sp³-hybridized carbons (Fsp3) is 0.259. The fourth-order valence-electron chi connectivity index (χ4n) is 3.25. The zero-order chi connectivity index (χ0) is 25.4. The zero-order valence-electron chi connectivity index (χ0n) is 20.5. The van der Waals surface area contributed by atoms with Crippen LogP contribution < -0.4 is 14.5 Å². The number of amides is 1. The van der Waals surface area contributed by atoms with Crippen LogP contribution in [0.5, 0.6) is 5.75 Å². The summed E-state index contributed by atoms with van der Waals surface area (Å²) in [7, 11) is -3.98. The van der Waals surface area contributed by atoms with Gasteiger partial charge in [0.2, 0.25) is 0 Å². The summed E-state index contributed by atoms with van der Waals surface area (Å²) in [6.45, 7) is 8.00. The second-order valence-corrected chi connectivity index (χ2v) is 10.2. The molecule has 0 saturated heterocycles. The molecule has 7 nitrogen and oxygen atoms in total. The summed E-state index contributed by atoms with van der Waals surface area (Å²) in [5.74, 6) is 0.205. The fourth-order valence-corrected chi connectivity index (χ4v) is 4.66. The van der Waals surface area contributed by atoms with Crippen molar-refractivity contribution >= 4 is 27.8 Å². The van der Waals surface area contributed by atoms with Crippen molar-refractivity contribution in [1.29, 1.82) is 0 Å². The van der Waals surface area contributed by atoms with Crippen molar-refractivity contribution in [2.45, 2.75) is 39.0 Å². The van der Waals surface area contributed by atoms with Gasteiger partial charge in [-0.3, -0.25) is 9.10 Å². The van der Waals surface area contributed by atoms with E-state index in [2.05, 4.69) is 10.5 Å². The molecule has 0 aliphatic carbocycles. The molecule has 0 atom stereocenters. The Morgan fingerprint density at radius 1 is 0.971 bits per heavy atom. The number of hydrogen-bond donors (Lipinski definition) is 1. The highest BCUT2D eigenvalue weighted by Gasteiger charge is 2.27. The lowest BCUT2D eigenvalue weighted by molar-refractivity contribution is -0.119. The first-order valence-corrected chi connectivity index (χ1v) is 12.9. The van der Waals surface area contributed by atoms with E-state index in [9.17, 15) is 13.2 Å². The zero-order valence-corrected chi connectivity index (χ0v) is 21.3. The van der Waals surface area contributed by atoms with E-state index in [1.165, 1.54) is 6.21 Å². The molecule has 0 heterocycles. The van der Waals surface area contributed by atoms with Crippen LogP contribution in [0.15, 0.2) is 76.7 Å². The number of carbonyl (C=O) groups is 1. The number of hydrogen-bond acceptors (Lipinski definition) is 5. The molecule has 0 fully saturated rings. The molecular formula is C27H31N3O4S. The summed E-state index contributed by atoms with van der Waals surface area (Å²) in [5, 5.41) is 3.99. The van der Waals surface area contributed by atoms with Gasteiger partial charge in [0, 0.05) is 0 Å². The van der Waals surface area contributed by atoms with E-state index in [1.54, 1.807) is 36.4 Å². The minimum atomic E-state index is -3.98. The molecule has 0 aliphatic rings. The molecule has 1 N–H and O–H groups in total. The normalized spacial score (nSPS) is 11.4. The Morgan fingerprint density at radius 3 is 2.29 bits per heavy atom. The molecule has 0 bridgehead atoms. The van der Waals surface area contributed by atoms with Crippen LogP contribution >= 0.6 is 0 Å². The number of nitrogens with zero attached hydrogens (tertiary/aromatic N) is 2. The Labute approximate surface area is 207 Å². The third-order valence-corrected chi connectivity index (χ3v) is 7.22. The van der Waals surface area contributed by atoms with Crippen molar-refractivity contribution in [3.8, 4) is 5.75 Å². The lowest BCUT2D eigenvalue weighted by atomic mass is 10.1. The number of benzene rings is 3. The van der Waals surface area contributed by atoms with Gasteiger partial charge in [0.15, 0.2) is 0 Å². The van der Waals surface area contributed by atoms with E-state index in [4.69, 9.17) is 4.74 Å². The maximum absolute atomic E-state index is 13.5. The molecule has 0 radical (unpaired) electrons. The van der Waals surface area contributed by atoms with Gasteiger partial charge in [-0.15, -0.1) is 0 Å². The number of anilines is 1. The molecular weight excluding hydrogens is 462 g/mol. The highest BCUT2D eigenvalue weighted by molar-refractivity contribution is 7.92.